The van der Waals surface area contributed by atoms with E-state index in [2.05, 4.69) is 15.3 Å². The van der Waals surface area contributed by atoms with Crippen LogP contribution in [0, 0.1) is 0 Å². The number of aromatic nitrogens is 2. The Labute approximate surface area is 114 Å². The molecule has 1 aromatic carbocycles. The SMILES string of the molecule is Cl.O=C(O)c1ccccc1Nc1ccnc(Cl)n1. The molecule has 94 valence electrons. The van der Waals surface area contributed by atoms with E-state index in [9.17, 15) is 4.79 Å². The van der Waals surface area contributed by atoms with Crippen molar-refractivity contribution in [3.05, 3.63) is 47.4 Å². The van der Waals surface area contributed by atoms with Crippen molar-refractivity contribution in [2.75, 3.05) is 5.32 Å². The standard InChI is InChI=1S/C11H8ClN3O2.ClH/c12-11-13-6-5-9(15-11)14-8-4-2-1-3-7(8)10(16)17;/h1-6H,(H,16,17)(H,13,14,15);1H. The Morgan fingerprint density at radius 3 is 2.67 bits per heavy atom. The number of hydrogen-bond acceptors (Lipinski definition) is 4. The number of benzene rings is 1. The minimum absolute atomic E-state index is 0. The maximum absolute atomic E-state index is 11.0. The number of carboxylic acids is 1. The summed E-state index contributed by atoms with van der Waals surface area (Å²) in [6.07, 6.45) is 1.49. The van der Waals surface area contributed by atoms with Crippen LogP contribution in [0.15, 0.2) is 36.5 Å². The first-order chi connectivity index (χ1) is 8.16. The second kappa shape index (κ2) is 6.18. The zero-order chi connectivity index (χ0) is 12.3. The number of rotatable bonds is 3. The summed E-state index contributed by atoms with van der Waals surface area (Å²) in [5.41, 5.74) is 0.622. The third kappa shape index (κ3) is 3.32. The van der Waals surface area contributed by atoms with Gasteiger partial charge in [0, 0.05) is 6.20 Å². The van der Waals surface area contributed by atoms with E-state index in [1.165, 1.54) is 12.3 Å². The Morgan fingerprint density at radius 2 is 2.00 bits per heavy atom. The third-order valence-corrected chi connectivity index (χ3v) is 2.23. The molecule has 0 unspecified atom stereocenters. The van der Waals surface area contributed by atoms with Gasteiger partial charge in [-0.1, -0.05) is 12.1 Å². The van der Waals surface area contributed by atoms with Gasteiger partial charge in [0.05, 0.1) is 11.3 Å². The average molecular weight is 286 g/mol. The number of nitrogens with one attached hydrogen (secondary N) is 1. The van der Waals surface area contributed by atoms with Crippen LogP contribution in [-0.4, -0.2) is 21.0 Å². The Balaban J connectivity index is 0.00000162. The van der Waals surface area contributed by atoms with Gasteiger partial charge in [0.1, 0.15) is 5.82 Å². The van der Waals surface area contributed by atoms with Crippen LogP contribution in [0.4, 0.5) is 11.5 Å². The quantitative estimate of drug-likeness (QED) is 0.848. The van der Waals surface area contributed by atoms with Gasteiger partial charge in [-0.2, -0.15) is 0 Å². The molecule has 2 aromatic rings. The molecule has 0 spiro atoms. The molecule has 0 atom stereocenters. The molecule has 0 aliphatic rings. The zero-order valence-corrected chi connectivity index (χ0v) is 10.6. The third-order valence-electron chi connectivity index (χ3n) is 2.05. The van der Waals surface area contributed by atoms with E-state index in [1.807, 2.05) is 0 Å². The summed E-state index contributed by atoms with van der Waals surface area (Å²) in [6.45, 7) is 0. The summed E-state index contributed by atoms with van der Waals surface area (Å²) >= 11 is 5.63. The van der Waals surface area contributed by atoms with Crippen LogP contribution in [-0.2, 0) is 0 Å². The summed E-state index contributed by atoms with van der Waals surface area (Å²) in [4.78, 5) is 18.6. The molecule has 0 aliphatic carbocycles. The van der Waals surface area contributed by atoms with Crippen molar-refractivity contribution in [2.45, 2.75) is 0 Å². The largest absolute Gasteiger partial charge is 0.478 e. The lowest BCUT2D eigenvalue weighted by Gasteiger charge is -2.08. The maximum Gasteiger partial charge on any atom is 0.337 e. The van der Waals surface area contributed by atoms with Crippen LogP contribution >= 0.6 is 24.0 Å². The lowest BCUT2D eigenvalue weighted by molar-refractivity contribution is 0.0698. The minimum Gasteiger partial charge on any atom is -0.478 e. The zero-order valence-electron chi connectivity index (χ0n) is 9.00. The fourth-order valence-corrected chi connectivity index (χ4v) is 1.47. The highest BCUT2D eigenvalue weighted by Crippen LogP contribution is 2.19. The van der Waals surface area contributed by atoms with Gasteiger partial charge in [0.15, 0.2) is 0 Å². The van der Waals surface area contributed by atoms with E-state index in [4.69, 9.17) is 16.7 Å². The molecule has 18 heavy (non-hydrogen) atoms. The van der Waals surface area contributed by atoms with Crippen LogP contribution < -0.4 is 5.32 Å². The number of carbonyl (C=O) groups is 1. The summed E-state index contributed by atoms with van der Waals surface area (Å²) < 4.78 is 0. The van der Waals surface area contributed by atoms with Gasteiger partial charge in [-0.15, -0.1) is 12.4 Å². The molecule has 0 radical (unpaired) electrons. The van der Waals surface area contributed by atoms with Crippen LogP contribution in [0.25, 0.3) is 0 Å². The topological polar surface area (TPSA) is 75.1 Å². The van der Waals surface area contributed by atoms with Crippen molar-refractivity contribution in [3.8, 4) is 0 Å². The van der Waals surface area contributed by atoms with Crippen LogP contribution in [0.5, 0.6) is 0 Å². The fourth-order valence-electron chi connectivity index (χ4n) is 1.32. The number of anilines is 2. The molecular formula is C11H9Cl2N3O2. The summed E-state index contributed by atoms with van der Waals surface area (Å²) in [5, 5.41) is 12.0. The summed E-state index contributed by atoms with van der Waals surface area (Å²) in [6, 6.07) is 8.15. The highest BCUT2D eigenvalue weighted by molar-refractivity contribution is 6.28. The van der Waals surface area contributed by atoms with Gasteiger partial charge in [0.2, 0.25) is 5.28 Å². The molecule has 0 aliphatic heterocycles. The van der Waals surface area contributed by atoms with E-state index in [0.717, 1.165) is 0 Å². The number of aromatic carboxylic acids is 1. The molecule has 0 saturated heterocycles. The van der Waals surface area contributed by atoms with Crippen molar-refractivity contribution in [2.24, 2.45) is 0 Å². The molecule has 0 fully saturated rings. The van der Waals surface area contributed by atoms with Crippen LogP contribution in [0.2, 0.25) is 5.28 Å². The van der Waals surface area contributed by atoms with Crippen molar-refractivity contribution < 1.29 is 9.90 Å². The Bertz CT molecular complexity index is 563. The van der Waals surface area contributed by atoms with Gasteiger partial charge in [-0.05, 0) is 29.8 Å². The molecule has 1 heterocycles. The van der Waals surface area contributed by atoms with E-state index in [-0.39, 0.29) is 23.3 Å². The van der Waals surface area contributed by atoms with Crippen molar-refractivity contribution in [1.29, 1.82) is 0 Å². The van der Waals surface area contributed by atoms with Crippen molar-refractivity contribution >= 4 is 41.5 Å². The Morgan fingerprint density at radius 1 is 1.28 bits per heavy atom. The van der Waals surface area contributed by atoms with Gasteiger partial charge in [-0.25, -0.2) is 14.8 Å². The van der Waals surface area contributed by atoms with Gasteiger partial charge in [-0.3, -0.25) is 0 Å². The molecular weight excluding hydrogens is 277 g/mol. The smallest absolute Gasteiger partial charge is 0.337 e. The first kappa shape index (κ1) is 14.2. The first-order valence-electron chi connectivity index (χ1n) is 4.75. The second-order valence-electron chi connectivity index (χ2n) is 3.19. The van der Waals surface area contributed by atoms with E-state index < -0.39 is 5.97 Å². The van der Waals surface area contributed by atoms with Crippen molar-refractivity contribution in [3.63, 3.8) is 0 Å². The number of nitrogens with zero attached hydrogens (tertiary/aromatic N) is 2. The Hall–Kier alpha value is -1.85. The molecule has 5 nitrogen and oxygen atoms in total. The number of hydrogen-bond donors (Lipinski definition) is 2. The first-order valence-corrected chi connectivity index (χ1v) is 5.12. The lowest BCUT2D eigenvalue weighted by atomic mass is 10.2. The normalized spacial score (nSPS) is 9.39. The summed E-state index contributed by atoms with van der Waals surface area (Å²) in [7, 11) is 0. The highest BCUT2D eigenvalue weighted by Gasteiger charge is 2.09. The van der Waals surface area contributed by atoms with E-state index in [1.54, 1.807) is 24.3 Å². The molecule has 7 heteroatoms. The van der Waals surface area contributed by atoms with E-state index >= 15 is 0 Å². The summed E-state index contributed by atoms with van der Waals surface area (Å²) in [5.74, 6) is -0.563. The van der Waals surface area contributed by atoms with Crippen LogP contribution in [0.1, 0.15) is 10.4 Å². The molecule has 1 aromatic heterocycles. The fraction of sp³-hybridized carbons (Fsp3) is 0. The maximum atomic E-state index is 11.0. The van der Waals surface area contributed by atoms with Crippen molar-refractivity contribution in [1.82, 2.24) is 9.97 Å². The Kier molecular flexibility index (Phi) is 4.88. The molecule has 0 bridgehead atoms. The molecule has 0 saturated carbocycles. The van der Waals surface area contributed by atoms with Crippen LogP contribution in [0.3, 0.4) is 0 Å². The second-order valence-corrected chi connectivity index (χ2v) is 3.52. The monoisotopic (exact) mass is 285 g/mol. The average Bonchev–Trinajstić information content (AvgIpc) is 2.29. The minimum atomic E-state index is -1.01. The molecule has 2 rings (SSSR count). The van der Waals surface area contributed by atoms with Gasteiger partial charge in [0.25, 0.3) is 0 Å². The lowest BCUT2D eigenvalue weighted by Crippen LogP contribution is -2.03. The number of para-hydroxylation sites is 1. The highest BCUT2D eigenvalue weighted by atomic mass is 35.5. The number of halogens is 2. The predicted octanol–water partition coefficient (Wildman–Crippen LogP) is 2.99. The van der Waals surface area contributed by atoms with E-state index in [0.29, 0.717) is 11.5 Å². The van der Waals surface area contributed by atoms with Gasteiger partial charge >= 0.3 is 5.97 Å². The molecule has 0 amide bonds. The number of carboxylic acid groups (broad SMARTS) is 1. The van der Waals surface area contributed by atoms with Gasteiger partial charge < -0.3 is 10.4 Å². The molecule has 2 N–H and O–H groups in total. The predicted molar refractivity (Wildman–Crippen MR) is 71.0 cm³/mol.